The summed E-state index contributed by atoms with van der Waals surface area (Å²) in [6, 6.07) is 6.13. The molecule has 4 aliphatic heterocycles. The van der Waals surface area contributed by atoms with Crippen LogP contribution >= 0.6 is 31.9 Å². The molecule has 0 radical (unpaired) electrons. The maximum absolute atomic E-state index is 13.9. The molecule has 0 unspecified atom stereocenters. The molecule has 53 heavy (non-hydrogen) atoms. The van der Waals surface area contributed by atoms with E-state index >= 15 is 0 Å². The number of fused-ring (bicyclic) bond motifs is 8. The van der Waals surface area contributed by atoms with Crippen molar-refractivity contribution in [1.29, 1.82) is 0 Å². The molecule has 2 fully saturated rings. The highest BCUT2D eigenvalue weighted by molar-refractivity contribution is 9.10. The van der Waals surface area contributed by atoms with Crippen molar-refractivity contribution in [3.63, 3.8) is 0 Å². The number of nitrogens with one attached hydrogen (secondary N) is 1. The Balaban J connectivity index is 0.000000162. The van der Waals surface area contributed by atoms with Crippen LogP contribution in [0.3, 0.4) is 0 Å². The van der Waals surface area contributed by atoms with E-state index in [1.165, 1.54) is 17.0 Å². The van der Waals surface area contributed by atoms with E-state index in [0.717, 1.165) is 22.2 Å². The number of benzene rings is 2. The van der Waals surface area contributed by atoms with Gasteiger partial charge in [0.05, 0.1) is 43.7 Å². The highest BCUT2D eigenvalue weighted by Crippen LogP contribution is 2.50. The largest absolute Gasteiger partial charge is 0.446 e. The van der Waals surface area contributed by atoms with Crippen LogP contribution in [0.1, 0.15) is 31.9 Å². The number of likely N-dealkylation sites (tertiary alicyclic amines) is 1. The fourth-order valence-electron chi connectivity index (χ4n) is 7.00. The molecule has 0 aliphatic carbocycles. The van der Waals surface area contributed by atoms with Crippen LogP contribution in [-0.2, 0) is 30.0 Å². The standard InChI is InChI=1S/C19H19BrFN3O3.C14H11BrFN3O.C2HF3O/c1-18(2,3)27-17(26)24-8-19(9-24)15-10-5-11(20)12(21)6-13(10)22-7-14(15)23(4)16(19)25;1-19-11-4-18-10-3-9(16)8(15)2-7(10)12(11)14(13(19)20)5-17-6-14;3-2(4,5)1-6/h5-7H,8-9H2,1-4H3;2-4,17H,5-6H2,1H3;1H. The molecule has 2 aromatic carbocycles. The Hall–Kier alpha value is -4.29. The molecule has 4 aliphatic rings. The molecule has 0 saturated carbocycles. The Morgan fingerprint density at radius 1 is 0.830 bits per heavy atom. The second-order valence-corrected chi connectivity index (χ2v) is 15.8. The molecule has 0 atom stereocenters. The minimum atomic E-state index is -4.64. The Labute approximate surface area is 316 Å². The minimum absolute atomic E-state index is 0.0843. The highest BCUT2D eigenvalue weighted by Gasteiger charge is 2.60. The van der Waals surface area contributed by atoms with Gasteiger partial charge in [-0.3, -0.25) is 24.4 Å². The number of nitrogens with zero attached hydrogens (tertiary/aromatic N) is 5. The van der Waals surface area contributed by atoms with Gasteiger partial charge in [0, 0.05) is 74.3 Å². The van der Waals surface area contributed by atoms with Crippen LogP contribution in [0, 0.1) is 11.6 Å². The number of pyridine rings is 2. The van der Waals surface area contributed by atoms with Gasteiger partial charge in [-0.05, 0) is 64.8 Å². The quantitative estimate of drug-likeness (QED) is 0.161. The van der Waals surface area contributed by atoms with Gasteiger partial charge in [-0.2, -0.15) is 13.2 Å². The number of carbonyl (C=O) groups excluding carboxylic acids is 4. The van der Waals surface area contributed by atoms with Crippen molar-refractivity contribution < 1.29 is 45.9 Å². The normalized spacial score (nSPS) is 17.8. The predicted molar refractivity (Wildman–Crippen MR) is 192 cm³/mol. The number of halogens is 7. The fraction of sp³-hybridized carbons (Fsp3) is 0.371. The van der Waals surface area contributed by atoms with Gasteiger partial charge < -0.3 is 24.8 Å². The van der Waals surface area contributed by atoms with Crippen molar-refractivity contribution in [2.75, 3.05) is 50.1 Å². The Morgan fingerprint density at radius 2 is 1.25 bits per heavy atom. The maximum atomic E-state index is 13.9. The zero-order chi connectivity index (χ0) is 39.0. The summed E-state index contributed by atoms with van der Waals surface area (Å²) < 4.78 is 65.0. The van der Waals surface area contributed by atoms with Crippen molar-refractivity contribution in [2.45, 2.75) is 43.4 Å². The lowest BCUT2D eigenvalue weighted by Crippen LogP contribution is -2.65. The molecule has 2 spiro atoms. The number of alkyl halides is 3. The van der Waals surface area contributed by atoms with Crippen molar-refractivity contribution in [2.24, 2.45) is 0 Å². The van der Waals surface area contributed by atoms with E-state index in [0.29, 0.717) is 44.1 Å². The van der Waals surface area contributed by atoms with Crippen LogP contribution in [0.25, 0.3) is 21.8 Å². The molecule has 2 saturated heterocycles. The summed E-state index contributed by atoms with van der Waals surface area (Å²) in [6.45, 7) is 7.10. The first kappa shape index (κ1) is 38.4. The molecule has 280 valence electrons. The third-order valence-electron chi connectivity index (χ3n) is 9.45. The van der Waals surface area contributed by atoms with E-state index in [1.54, 1.807) is 69.2 Å². The molecule has 18 heteroatoms. The number of aromatic nitrogens is 2. The summed E-state index contributed by atoms with van der Waals surface area (Å²) in [5, 5.41) is 4.73. The number of anilines is 2. The van der Waals surface area contributed by atoms with Crippen LogP contribution < -0.4 is 15.1 Å². The summed E-state index contributed by atoms with van der Waals surface area (Å²) in [7, 11) is 3.46. The zero-order valence-corrected chi connectivity index (χ0v) is 32.0. The highest BCUT2D eigenvalue weighted by atomic mass is 79.9. The van der Waals surface area contributed by atoms with Gasteiger partial charge in [-0.1, -0.05) is 0 Å². The van der Waals surface area contributed by atoms with Crippen LogP contribution in [0.5, 0.6) is 0 Å². The summed E-state index contributed by atoms with van der Waals surface area (Å²) in [5.74, 6) is -0.762. The summed E-state index contributed by atoms with van der Waals surface area (Å²) in [5.41, 5.74) is 2.37. The lowest BCUT2D eigenvalue weighted by molar-refractivity contribution is -0.156. The Bertz CT molecular complexity index is 2220. The number of ether oxygens (including phenoxy) is 1. The SMILES string of the molecule is CN1C(=O)C2(CN(C(=O)OC(C)(C)C)C2)c2c1cnc1cc(F)c(Br)cc21.CN1C(=O)C2(CNC2)c2c1cnc1cc(F)c(Br)cc21.O=CC(F)(F)F. The first-order chi connectivity index (χ1) is 24.6. The molecule has 2 aromatic heterocycles. The first-order valence-electron chi connectivity index (χ1n) is 16.0. The molecule has 4 aromatic rings. The monoisotopic (exact) mass is 868 g/mol. The number of amides is 3. The molecule has 8 rings (SSSR count). The maximum Gasteiger partial charge on any atom is 0.446 e. The van der Waals surface area contributed by atoms with Crippen LogP contribution in [0.2, 0.25) is 0 Å². The summed E-state index contributed by atoms with van der Waals surface area (Å²) in [4.78, 5) is 60.0. The lowest BCUT2D eigenvalue weighted by atomic mass is 9.73. The zero-order valence-electron chi connectivity index (χ0n) is 28.8. The number of rotatable bonds is 0. The lowest BCUT2D eigenvalue weighted by Gasteiger charge is -2.46. The van der Waals surface area contributed by atoms with Gasteiger partial charge in [0.2, 0.25) is 18.1 Å². The molecule has 3 amide bonds. The second kappa shape index (κ2) is 13.2. The third-order valence-corrected chi connectivity index (χ3v) is 10.7. The molecule has 6 heterocycles. The smallest absolute Gasteiger partial charge is 0.444 e. The topological polar surface area (TPSA) is 125 Å². The van der Waals surface area contributed by atoms with E-state index < -0.39 is 40.8 Å². The average molecular weight is 870 g/mol. The van der Waals surface area contributed by atoms with Gasteiger partial charge in [0.15, 0.2) is 0 Å². The number of hydrogen-bond acceptors (Lipinski definition) is 8. The predicted octanol–water partition coefficient (Wildman–Crippen LogP) is 6.30. The van der Waals surface area contributed by atoms with E-state index in [2.05, 4.69) is 47.1 Å². The van der Waals surface area contributed by atoms with E-state index in [4.69, 9.17) is 9.53 Å². The second-order valence-electron chi connectivity index (χ2n) is 14.1. The number of carbonyl (C=O) groups is 4. The average Bonchev–Trinajstić information content (AvgIpc) is 3.41. The molecule has 0 bridgehead atoms. The van der Waals surface area contributed by atoms with Crippen LogP contribution in [0.4, 0.5) is 38.1 Å². The van der Waals surface area contributed by atoms with Gasteiger partial charge in [-0.15, -0.1) is 0 Å². The van der Waals surface area contributed by atoms with Gasteiger partial charge >= 0.3 is 12.3 Å². The Kier molecular flexibility index (Phi) is 9.59. The summed E-state index contributed by atoms with van der Waals surface area (Å²) >= 11 is 6.43. The van der Waals surface area contributed by atoms with Crippen molar-refractivity contribution in [1.82, 2.24) is 20.2 Å². The molecule has 11 nitrogen and oxygen atoms in total. The third kappa shape index (κ3) is 6.51. The van der Waals surface area contributed by atoms with Gasteiger partial charge in [0.25, 0.3) is 0 Å². The minimum Gasteiger partial charge on any atom is -0.444 e. The molecule has 1 N–H and O–H groups in total. The number of aldehydes is 1. The van der Waals surface area contributed by atoms with Crippen LogP contribution in [-0.4, -0.2) is 91.1 Å². The van der Waals surface area contributed by atoms with Gasteiger partial charge in [-0.25, -0.2) is 13.6 Å². The molecular formula is C35H31Br2F5N6O5. The fourth-order valence-corrected chi connectivity index (χ4v) is 7.69. The Morgan fingerprint density at radius 3 is 1.62 bits per heavy atom. The summed E-state index contributed by atoms with van der Waals surface area (Å²) in [6.07, 6.45) is -2.89. The van der Waals surface area contributed by atoms with E-state index in [-0.39, 0.29) is 30.7 Å². The number of hydrogen-bond donors (Lipinski definition) is 1. The molecular weight excluding hydrogens is 839 g/mol. The van der Waals surface area contributed by atoms with Crippen LogP contribution in [0.15, 0.2) is 45.6 Å². The first-order valence-corrected chi connectivity index (χ1v) is 17.6. The van der Waals surface area contributed by atoms with Crippen molar-refractivity contribution in [3.8, 4) is 0 Å². The van der Waals surface area contributed by atoms with Crippen molar-refractivity contribution in [3.05, 3.63) is 68.4 Å². The number of likely N-dealkylation sites (N-methyl/N-ethyl adjacent to an activating group) is 2. The van der Waals surface area contributed by atoms with Gasteiger partial charge in [0.1, 0.15) is 28.1 Å². The van der Waals surface area contributed by atoms with E-state index in [1.807, 2.05) is 0 Å². The van der Waals surface area contributed by atoms with Crippen molar-refractivity contribution >= 4 is 89.2 Å². The van der Waals surface area contributed by atoms with E-state index in [9.17, 15) is 36.3 Å².